The van der Waals surface area contributed by atoms with Crippen molar-refractivity contribution in [1.82, 2.24) is 4.98 Å². The molecule has 0 aliphatic heterocycles. The average molecular weight is 207 g/mol. The molecule has 0 aromatic carbocycles. The highest BCUT2D eigenvalue weighted by Crippen LogP contribution is 2.52. The third-order valence-corrected chi connectivity index (χ3v) is 4.07. The van der Waals surface area contributed by atoms with Gasteiger partial charge in [0.1, 0.15) is 0 Å². The maximum Gasteiger partial charge on any atom is 0.195 e. The standard InChI is InChI=1S/C12H17NO2/c14-11-9-7-3-1-2-4-8(6-5-7)10(9)12(15)13-11/h7-8,13-15H,1-6H2. The maximum atomic E-state index is 9.80. The van der Waals surface area contributed by atoms with E-state index in [0.29, 0.717) is 11.8 Å². The average Bonchev–Trinajstić information content (AvgIpc) is 2.43. The maximum absolute atomic E-state index is 9.80. The highest BCUT2D eigenvalue weighted by atomic mass is 16.3. The fourth-order valence-corrected chi connectivity index (χ4v) is 3.38. The quantitative estimate of drug-likeness (QED) is 0.612. The fourth-order valence-electron chi connectivity index (χ4n) is 3.38. The van der Waals surface area contributed by atoms with Crippen LogP contribution in [0.2, 0.25) is 0 Å². The van der Waals surface area contributed by atoms with Gasteiger partial charge >= 0.3 is 0 Å². The van der Waals surface area contributed by atoms with Crippen molar-refractivity contribution >= 4 is 0 Å². The minimum atomic E-state index is 0.207. The molecule has 2 aliphatic rings. The Hall–Kier alpha value is -1.12. The first-order valence-corrected chi connectivity index (χ1v) is 5.91. The molecule has 3 nitrogen and oxygen atoms in total. The molecule has 2 unspecified atom stereocenters. The number of hydrogen-bond acceptors (Lipinski definition) is 2. The molecular weight excluding hydrogens is 190 g/mol. The summed E-state index contributed by atoms with van der Waals surface area (Å²) >= 11 is 0. The van der Waals surface area contributed by atoms with E-state index in [1.165, 1.54) is 25.7 Å². The second-order valence-electron chi connectivity index (χ2n) is 4.91. The number of hydrogen-bond donors (Lipinski definition) is 3. The van der Waals surface area contributed by atoms with Gasteiger partial charge in [-0.1, -0.05) is 12.8 Å². The van der Waals surface area contributed by atoms with E-state index in [1.54, 1.807) is 0 Å². The monoisotopic (exact) mass is 207 g/mol. The molecule has 0 spiro atoms. The summed E-state index contributed by atoms with van der Waals surface area (Å²) in [5, 5.41) is 19.6. The van der Waals surface area contributed by atoms with Crippen LogP contribution in [0.15, 0.2) is 0 Å². The Balaban J connectivity index is 2.16. The van der Waals surface area contributed by atoms with Crippen LogP contribution < -0.4 is 0 Å². The van der Waals surface area contributed by atoms with Crippen molar-refractivity contribution in [3.05, 3.63) is 11.1 Å². The van der Waals surface area contributed by atoms with Crippen molar-refractivity contribution < 1.29 is 10.2 Å². The second kappa shape index (κ2) is 3.19. The molecule has 3 rings (SSSR count). The van der Waals surface area contributed by atoms with Crippen LogP contribution in [0, 0.1) is 0 Å². The third kappa shape index (κ3) is 1.25. The first-order chi connectivity index (χ1) is 7.27. The Morgan fingerprint density at radius 3 is 1.73 bits per heavy atom. The highest BCUT2D eigenvalue weighted by Gasteiger charge is 2.35. The number of aromatic nitrogens is 1. The molecule has 2 aliphatic carbocycles. The summed E-state index contributed by atoms with van der Waals surface area (Å²) in [5.74, 6) is 1.35. The number of H-pyrrole nitrogens is 1. The lowest BCUT2D eigenvalue weighted by atomic mass is 9.72. The Labute approximate surface area is 89.1 Å². The number of aromatic amines is 1. The van der Waals surface area contributed by atoms with E-state index >= 15 is 0 Å². The Kier molecular flexibility index (Phi) is 1.94. The topological polar surface area (TPSA) is 56.2 Å². The minimum Gasteiger partial charge on any atom is -0.494 e. The van der Waals surface area contributed by atoms with E-state index in [2.05, 4.69) is 4.98 Å². The largest absolute Gasteiger partial charge is 0.494 e. The van der Waals surface area contributed by atoms with Crippen LogP contribution in [0.1, 0.15) is 61.5 Å². The molecule has 2 bridgehead atoms. The first kappa shape index (κ1) is 9.13. The van der Waals surface area contributed by atoms with Crippen LogP contribution in [-0.4, -0.2) is 15.2 Å². The lowest BCUT2D eigenvalue weighted by Gasteiger charge is -2.32. The SMILES string of the molecule is Oc1[nH]c(O)c2c1C1CCCCC2CC1. The predicted octanol–water partition coefficient (Wildman–Crippen LogP) is 2.96. The van der Waals surface area contributed by atoms with Gasteiger partial charge in [-0.05, 0) is 37.5 Å². The van der Waals surface area contributed by atoms with Gasteiger partial charge in [0, 0.05) is 11.1 Å². The van der Waals surface area contributed by atoms with Crippen molar-refractivity contribution in [2.75, 3.05) is 0 Å². The molecule has 2 atom stereocenters. The predicted molar refractivity (Wildman–Crippen MR) is 57.3 cm³/mol. The summed E-state index contributed by atoms with van der Waals surface area (Å²) in [5.41, 5.74) is 2.03. The number of aromatic hydroxyl groups is 2. The normalized spacial score (nSPS) is 29.6. The number of nitrogens with one attached hydrogen (secondary N) is 1. The van der Waals surface area contributed by atoms with Gasteiger partial charge in [0.05, 0.1) is 0 Å². The van der Waals surface area contributed by atoms with Gasteiger partial charge in [-0.15, -0.1) is 0 Å². The molecule has 1 aromatic heterocycles. The first-order valence-electron chi connectivity index (χ1n) is 5.91. The van der Waals surface area contributed by atoms with Crippen molar-refractivity contribution in [2.24, 2.45) is 0 Å². The zero-order valence-electron chi connectivity index (χ0n) is 8.79. The summed E-state index contributed by atoms with van der Waals surface area (Å²) in [7, 11) is 0. The molecule has 0 fully saturated rings. The van der Waals surface area contributed by atoms with Gasteiger partial charge in [-0.2, -0.15) is 0 Å². The molecule has 1 aromatic rings. The Morgan fingerprint density at radius 2 is 1.27 bits per heavy atom. The molecule has 0 saturated carbocycles. The summed E-state index contributed by atoms with van der Waals surface area (Å²) in [6.45, 7) is 0. The van der Waals surface area contributed by atoms with E-state index in [9.17, 15) is 10.2 Å². The second-order valence-corrected chi connectivity index (χ2v) is 4.91. The molecule has 0 radical (unpaired) electrons. The van der Waals surface area contributed by atoms with Gasteiger partial charge < -0.3 is 10.2 Å². The zero-order chi connectivity index (χ0) is 10.4. The Bertz CT molecular complexity index is 349. The van der Waals surface area contributed by atoms with Gasteiger partial charge in [0.25, 0.3) is 0 Å². The fraction of sp³-hybridized carbons (Fsp3) is 0.667. The van der Waals surface area contributed by atoms with Crippen LogP contribution in [0.3, 0.4) is 0 Å². The number of rotatable bonds is 0. The van der Waals surface area contributed by atoms with Crippen molar-refractivity contribution in [3.63, 3.8) is 0 Å². The summed E-state index contributed by atoms with van der Waals surface area (Å²) in [6.07, 6.45) is 7.16. The lowest BCUT2D eigenvalue weighted by Crippen LogP contribution is -2.16. The molecule has 15 heavy (non-hydrogen) atoms. The summed E-state index contributed by atoms with van der Waals surface area (Å²) in [6, 6.07) is 0. The van der Waals surface area contributed by atoms with Gasteiger partial charge in [0.15, 0.2) is 11.8 Å². The molecule has 0 saturated heterocycles. The van der Waals surface area contributed by atoms with E-state index in [-0.39, 0.29) is 11.8 Å². The van der Waals surface area contributed by atoms with Crippen molar-refractivity contribution in [3.8, 4) is 11.8 Å². The van der Waals surface area contributed by atoms with Gasteiger partial charge in [-0.25, -0.2) is 0 Å². The van der Waals surface area contributed by atoms with Crippen LogP contribution >= 0.6 is 0 Å². The van der Waals surface area contributed by atoms with E-state index < -0.39 is 0 Å². The van der Waals surface area contributed by atoms with Gasteiger partial charge in [0.2, 0.25) is 0 Å². The van der Waals surface area contributed by atoms with Crippen LogP contribution in [0.4, 0.5) is 0 Å². The van der Waals surface area contributed by atoms with Crippen LogP contribution in [0.5, 0.6) is 11.8 Å². The van der Waals surface area contributed by atoms with Gasteiger partial charge in [-0.3, -0.25) is 4.98 Å². The zero-order valence-corrected chi connectivity index (χ0v) is 8.79. The third-order valence-electron chi connectivity index (χ3n) is 4.07. The molecule has 1 heterocycles. The van der Waals surface area contributed by atoms with E-state index in [0.717, 1.165) is 24.0 Å². The lowest BCUT2D eigenvalue weighted by molar-refractivity contribution is 0.365. The van der Waals surface area contributed by atoms with Crippen LogP contribution in [0.25, 0.3) is 0 Å². The van der Waals surface area contributed by atoms with Crippen LogP contribution in [-0.2, 0) is 0 Å². The molecule has 3 heteroatoms. The summed E-state index contributed by atoms with van der Waals surface area (Å²) < 4.78 is 0. The molecule has 82 valence electrons. The highest BCUT2D eigenvalue weighted by molar-refractivity contribution is 5.49. The summed E-state index contributed by atoms with van der Waals surface area (Å²) in [4.78, 5) is 2.69. The Morgan fingerprint density at radius 1 is 0.800 bits per heavy atom. The van der Waals surface area contributed by atoms with Crippen molar-refractivity contribution in [2.45, 2.75) is 50.4 Å². The molecule has 3 N–H and O–H groups in total. The smallest absolute Gasteiger partial charge is 0.195 e. The van der Waals surface area contributed by atoms with E-state index in [4.69, 9.17) is 0 Å². The minimum absolute atomic E-state index is 0.207. The molecular formula is C12H17NO2. The van der Waals surface area contributed by atoms with Crippen molar-refractivity contribution in [1.29, 1.82) is 0 Å². The van der Waals surface area contributed by atoms with E-state index in [1.807, 2.05) is 0 Å². The molecule has 0 amide bonds.